The monoisotopic (exact) mass is 615 g/mol. The summed E-state index contributed by atoms with van der Waals surface area (Å²) in [7, 11) is 3.34. The molecule has 2 N–H and O–H groups in total. The molecule has 0 fully saturated rings. The van der Waals surface area contributed by atoms with Crippen LogP contribution in [0.3, 0.4) is 0 Å². The lowest BCUT2D eigenvalue weighted by Crippen LogP contribution is -2.16. The van der Waals surface area contributed by atoms with E-state index in [2.05, 4.69) is 4.98 Å². The van der Waals surface area contributed by atoms with E-state index in [1.165, 1.54) is 32.2 Å². The molecule has 0 aliphatic carbocycles. The predicted octanol–water partition coefficient (Wildman–Crippen LogP) is 5.02. The van der Waals surface area contributed by atoms with Crippen LogP contribution in [-0.4, -0.2) is 49.9 Å². The Balaban J connectivity index is 0.000000421. The van der Waals surface area contributed by atoms with Crippen LogP contribution in [0, 0.1) is 17.0 Å². The van der Waals surface area contributed by atoms with Gasteiger partial charge in [0.1, 0.15) is 11.6 Å². The lowest BCUT2D eigenvalue weighted by atomic mass is 9.96. The standard InChI is InChI=1S/C25H23N3O6S.C7H10N2/c1-15-20(5-4-6-24(15)35(26,32)33)25(29)17-8-7-16(23(12-17)34-3)11-18-14-27(2)22-10-9-19(28(30)31)13-21(18)22;1-9(2)7-5-3-4-6-8-7/h4-10,12-14H,11H2,1-3H3,(H2,26,32,33);3-6H,1-2H3. The van der Waals surface area contributed by atoms with Gasteiger partial charge < -0.3 is 14.2 Å². The van der Waals surface area contributed by atoms with Gasteiger partial charge in [0.05, 0.1) is 16.9 Å². The van der Waals surface area contributed by atoms with Gasteiger partial charge in [-0.05, 0) is 53.9 Å². The number of nitrogens with two attached hydrogens (primary N) is 1. The Kier molecular flexibility index (Phi) is 9.46. The molecule has 11 nitrogen and oxygen atoms in total. The molecular weight excluding hydrogens is 582 g/mol. The summed E-state index contributed by atoms with van der Waals surface area (Å²) in [5.41, 5.74) is 3.37. The van der Waals surface area contributed by atoms with Gasteiger partial charge in [-0.2, -0.15) is 0 Å². The second kappa shape index (κ2) is 13.1. The quantitative estimate of drug-likeness (QED) is 0.145. The SMILES string of the molecule is CN(C)c1ccccn1.COc1cc(C(=O)c2cccc(S(N)(=O)=O)c2C)ccc1Cc1cn(C)c2ccc([N+](=O)[O-])cc12. The highest BCUT2D eigenvalue weighted by Gasteiger charge is 2.20. The fourth-order valence-electron chi connectivity index (χ4n) is 4.90. The fourth-order valence-corrected chi connectivity index (χ4v) is 5.70. The lowest BCUT2D eigenvalue weighted by Gasteiger charge is -2.12. The summed E-state index contributed by atoms with van der Waals surface area (Å²) in [5.74, 6) is 1.11. The molecule has 0 radical (unpaired) electrons. The number of primary sulfonamides is 1. The van der Waals surface area contributed by atoms with Gasteiger partial charge in [-0.25, -0.2) is 18.5 Å². The Hall–Kier alpha value is -5.07. The first-order chi connectivity index (χ1) is 20.8. The molecule has 0 aliphatic rings. The van der Waals surface area contributed by atoms with E-state index in [0.29, 0.717) is 17.7 Å². The van der Waals surface area contributed by atoms with Crippen molar-refractivity contribution in [3.8, 4) is 5.75 Å². The molecule has 228 valence electrons. The number of rotatable bonds is 8. The number of nitro groups is 1. The van der Waals surface area contributed by atoms with Gasteiger partial charge in [-0.15, -0.1) is 0 Å². The third kappa shape index (κ3) is 6.93. The number of pyridine rings is 1. The number of ether oxygens (including phenoxy) is 1. The van der Waals surface area contributed by atoms with E-state index in [1.54, 1.807) is 42.6 Å². The molecule has 0 atom stereocenters. The van der Waals surface area contributed by atoms with Crippen molar-refractivity contribution in [1.82, 2.24) is 9.55 Å². The molecule has 5 aromatic rings. The third-order valence-electron chi connectivity index (χ3n) is 7.14. The summed E-state index contributed by atoms with van der Waals surface area (Å²) in [4.78, 5) is 30.0. The number of aryl methyl sites for hydroxylation is 1. The van der Waals surface area contributed by atoms with Crippen LogP contribution < -0.4 is 14.8 Å². The summed E-state index contributed by atoms with van der Waals surface area (Å²) in [5, 5.41) is 17.3. The fraction of sp³-hybridized carbons (Fsp3) is 0.188. The molecule has 44 heavy (non-hydrogen) atoms. The van der Waals surface area contributed by atoms with Crippen LogP contribution >= 0.6 is 0 Å². The number of fused-ring (bicyclic) bond motifs is 1. The Bertz CT molecular complexity index is 1950. The topological polar surface area (TPSA) is 151 Å². The number of aromatic nitrogens is 2. The number of carbonyl (C=O) groups is 1. The van der Waals surface area contributed by atoms with Crippen molar-refractivity contribution in [2.24, 2.45) is 12.2 Å². The molecule has 0 unspecified atom stereocenters. The van der Waals surface area contributed by atoms with Crippen LogP contribution in [0.5, 0.6) is 5.75 Å². The highest BCUT2D eigenvalue weighted by molar-refractivity contribution is 7.89. The lowest BCUT2D eigenvalue weighted by molar-refractivity contribution is -0.384. The summed E-state index contributed by atoms with van der Waals surface area (Å²) < 4.78 is 31.1. The normalized spacial score (nSPS) is 11.0. The molecular formula is C32H33N5O6S. The molecule has 5 rings (SSSR count). The number of carbonyl (C=O) groups excluding carboxylic acids is 1. The van der Waals surface area contributed by atoms with Crippen LogP contribution in [-0.2, 0) is 23.5 Å². The maximum Gasteiger partial charge on any atom is 0.270 e. The predicted molar refractivity (Wildman–Crippen MR) is 170 cm³/mol. The number of benzene rings is 3. The van der Waals surface area contributed by atoms with Gasteiger partial charge in [0.2, 0.25) is 10.0 Å². The van der Waals surface area contributed by atoms with Crippen LogP contribution in [0.15, 0.2) is 90.1 Å². The Labute approximate surface area is 255 Å². The zero-order valence-electron chi connectivity index (χ0n) is 25.0. The van der Waals surface area contributed by atoms with Gasteiger partial charge >= 0.3 is 0 Å². The minimum atomic E-state index is -3.97. The zero-order valence-corrected chi connectivity index (χ0v) is 25.8. The first-order valence-electron chi connectivity index (χ1n) is 13.5. The minimum absolute atomic E-state index is 0.00922. The zero-order chi connectivity index (χ0) is 32.2. The molecule has 0 amide bonds. The number of ketones is 1. The number of sulfonamides is 1. The van der Waals surface area contributed by atoms with Crippen molar-refractivity contribution in [2.45, 2.75) is 18.2 Å². The highest BCUT2D eigenvalue weighted by atomic mass is 32.2. The maximum absolute atomic E-state index is 13.2. The third-order valence-corrected chi connectivity index (χ3v) is 8.19. The highest BCUT2D eigenvalue weighted by Crippen LogP contribution is 2.31. The molecule has 2 heterocycles. The van der Waals surface area contributed by atoms with E-state index >= 15 is 0 Å². The maximum atomic E-state index is 13.2. The largest absolute Gasteiger partial charge is 0.496 e. The van der Waals surface area contributed by atoms with Crippen LogP contribution in [0.1, 0.15) is 32.6 Å². The van der Waals surface area contributed by atoms with Crippen molar-refractivity contribution < 1.29 is 22.9 Å². The van der Waals surface area contributed by atoms with Gasteiger partial charge in [-0.3, -0.25) is 14.9 Å². The number of non-ortho nitro benzene ring substituents is 1. The number of methoxy groups -OCH3 is 1. The average molecular weight is 616 g/mol. The van der Waals surface area contributed by atoms with E-state index in [-0.39, 0.29) is 27.5 Å². The second-order valence-electron chi connectivity index (χ2n) is 10.3. The number of nitrogens with zero attached hydrogens (tertiary/aromatic N) is 4. The average Bonchev–Trinajstić information content (AvgIpc) is 3.31. The molecule has 3 aromatic carbocycles. The van der Waals surface area contributed by atoms with Crippen LogP contribution in [0.25, 0.3) is 10.9 Å². The number of anilines is 1. The van der Waals surface area contributed by atoms with E-state index in [1.807, 2.05) is 55.0 Å². The van der Waals surface area contributed by atoms with Crippen molar-refractivity contribution in [3.63, 3.8) is 0 Å². The molecule has 0 saturated heterocycles. The van der Waals surface area contributed by atoms with Crippen molar-refractivity contribution in [2.75, 3.05) is 26.1 Å². The number of hydrogen-bond acceptors (Lipinski definition) is 8. The Morgan fingerprint density at radius 1 is 1.05 bits per heavy atom. The molecule has 0 saturated carbocycles. The smallest absolute Gasteiger partial charge is 0.270 e. The Morgan fingerprint density at radius 3 is 2.39 bits per heavy atom. The second-order valence-corrected chi connectivity index (χ2v) is 11.8. The van der Waals surface area contributed by atoms with Gasteiger partial charge in [-0.1, -0.05) is 30.3 Å². The summed E-state index contributed by atoms with van der Waals surface area (Å²) in [6.07, 6.45) is 4.13. The number of nitro benzene ring substituents is 1. The summed E-state index contributed by atoms with van der Waals surface area (Å²) in [6.45, 7) is 1.54. The summed E-state index contributed by atoms with van der Waals surface area (Å²) in [6, 6.07) is 20.0. The van der Waals surface area contributed by atoms with Crippen molar-refractivity contribution in [1.29, 1.82) is 0 Å². The van der Waals surface area contributed by atoms with E-state index in [9.17, 15) is 23.3 Å². The minimum Gasteiger partial charge on any atom is -0.496 e. The first kappa shape index (κ1) is 31.9. The Morgan fingerprint density at radius 2 is 1.80 bits per heavy atom. The van der Waals surface area contributed by atoms with E-state index in [0.717, 1.165) is 27.8 Å². The van der Waals surface area contributed by atoms with E-state index < -0.39 is 14.9 Å². The van der Waals surface area contributed by atoms with Crippen molar-refractivity contribution in [3.05, 3.63) is 123 Å². The van der Waals surface area contributed by atoms with Gasteiger partial charge in [0.25, 0.3) is 5.69 Å². The number of hydrogen-bond donors (Lipinski definition) is 1. The molecule has 0 aliphatic heterocycles. The van der Waals surface area contributed by atoms with Crippen LogP contribution in [0.4, 0.5) is 11.5 Å². The summed E-state index contributed by atoms with van der Waals surface area (Å²) >= 11 is 0. The van der Waals surface area contributed by atoms with E-state index in [4.69, 9.17) is 9.88 Å². The molecule has 0 bridgehead atoms. The van der Waals surface area contributed by atoms with Crippen LogP contribution in [0.2, 0.25) is 0 Å². The first-order valence-corrected chi connectivity index (χ1v) is 15.0. The molecule has 2 aromatic heterocycles. The van der Waals surface area contributed by atoms with Gasteiger partial charge in [0, 0.05) is 74.1 Å². The molecule has 12 heteroatoms. The van der Waals surface area contributed by atoms with Gasteiger partial charge in [0.15, 0.2) is 5.78 Å². The van der Waals surface area contributed by atoms with Crippen molar-refractivity contribution >= 4 is 38.2 Å². The molecule has 0 spiro atoms.